The fraction of sp³-hybridized carbons (Fsp3) is 0.412. The van der Waals surface area contributed by atoms with Gasteiger partial charge in [0.25, 0.3) is 0 Å². The highest BCUT2D eigenvalue weighted by Gasteiger charge is 2.17. The van der Waals surface area contributed by atoms with Crippen LogP contribution >= 0.6 is 0 Å². The maximum absolute atomic E-state index is 11.3. The summed E-state index contributed by atoms with van der Waals surface area (Å²) in [5.74, 6) is 0.870. The van der Waals surface area contributed by atoms with Gasteiger partial charge in [0, 0.05) is 5.56 Å². The Hall–Kier alpha value is -2.10. The Balaban J connectivity index is 0.000000315. The minimum Gasteiger partial charge on any atom is -0.464 e. The van der Waals surface area contributed by atoms with E-state index in [1.54, 1.807) is 0 Å². The summed E-state index contributed by atoms with van der Waals surface area (Å²) in [6.07, 6.45) is 3.89. The fourth-order valence-electron chi connectivity index (χ4n) is 1.57. The minimum atomic E-state index is -0.498. The molecule has 4 nitrogen and oxygen atoms in total. The number of carbonyl (C=O) groups is 1. The monoisotopic (exact) mass is 289 g/mol. The maximum atomic E-state index is 11.3. The van der Waals surface area contributed by atoms with Crippen LogP contribution in [0.15, 0.2) is 41.1 Å². The molecule has 0 saturated carbocycles. The summed E-state index contributed by atoms with van der Waals surface area (Å²) < 4.78 is 9.76. The van der Waals surface area contributed by atoms with Gasteiger partial charge in [-0.25, -0.2) is 9.78 Å². The van der Waals surface area contributed by atoms with Gasteiger partial charge < -0.3 is 9.15 Å². The fourth-order valence-corrected chi connectivity index (χ4v) is 1.57. The lowest BCUT2D eigenvalue weighted by atomic mass is 10.1. The molecule has 4 heteroatoms. The molecule has 1 aromatic carbocycles. The molecule has 1 heterocycles. The van der Waals surface area contributed by atoms with E-state index in [2.05, 4.69) is 30.5 Å². The van der Waals surface area contributed by atoms with Gasteiger partial charge in [-0.3, -0.25) is 0 Å². The average molecular weight is 289 g/mol. The summed E-state index contributed by atoms with van der Waals surface area (Å²) in [6, 6.07) is 9.29. The van der Waals surface area contributed by atoms with Gasteiger partial charge in [-0.05, 0) is 5.92 Å². The van der Waals surface area contributed by atoms with Crippen LogP contribution in [-0.2, 0) is 4.74 Å². The van der Waals surface area contributed by atoms with E-state index in [4.69, 9.17) is 4.42 Å². The Kier molecular flexibility index (Phi) is 7.23. The van der Waals surface area contributed by atoms with Gasteiger partial charge in [0.15, 0.2) is 17.8 Å². The number of aromatic nitrogens is 1. The molecule has 0 aliphatic carbocycles. The molecular weight excluding hydrogens is 266 g/mol. The minimum absolute atomic E-state index is 0.198. The van der Waals surface area contributed by atoms with Crippen LogP contribution in [0.3, 0.4) is 0 Å². The van der Waals surface area contributed by atoms with Crippen LogP contribution in [-0.4, -0.2) is 18.1 Å². The van der Waals surface area contributed by atoms with Gasteiger partial charge in [-0.2, -0.15) is 0 Å². The molecule has 0 atom stereocenters. The number of carbonyl (C=O) groups excluding carboxylic acids is 1. The van der Waals surface area contributed by atoms with Gasteiger partial charge in [0.2, 0.25) is 0 Å². The van der Waals surface area contributed by atoms with Crippen molar-refractivity contribution in [2.45, 2.75) is 33.6 Å². The van der Waals surface area contributed by atoms with Crippen LogP contribution in [0.2, 0.25) is 0 Å². The number of ether oxygens (including phenoxy) is 1. The molecule has 0 spiro atoms. The number of hydrogen-bond donors (Lipinski definition) is 0. The van der Waals surface area contributed by atoms with Crippen molar-refractivity contribution in [3.05, 3.63) is 42.4 Å². The molecule has 114 valence electrons. The summed E-state index contributed by atoms with van der Waals surface area (Å²) >= 11 is 0. The van der Waals surface area contributed by atoms with Crippen molar-refractivity contribution in [2.24, 2.45) is 5.92 Å². The summed E-state index contributed by atoms with van der Waals surface area (Å²) in [5, 5.41) is 0. The first-order valence-electron chi connectivity index (χ1n) is 7.21. The van der Waals surface area contributed by atoms with E-state index in [1.807, 2.05) is 30.3 Å². The molecule has 2 aromatic rings. The van der Waals surface area contributed by atoms with Crippen molar-refractivity contribution in [3.63, 3.8) is 0 Å². The predicted octanol–water partition coefficient (Wildman–Crippen LogP) is 4.57. The van der Waals surface area contributed by atoms with Gasteiger partial charge in [-0.15, -0.1) is 0 Å². The molecule has 0 N–H and O–H groups in total. The van der Waals surface area contributed by atoms with Gasteiger partial charge in [-0.1, -0.05) is 63.9 Å². The molecule has 1 aromatic heterocycles. The Morgan fingerprint density at radius 1 is 1.24 bits per heavy atom. The predicted molar refractivity (Wildman–Crippen MR) is 83.0 cm³/mol. The highest BCUT2D eigenvalue weighted by atomic mass is 16.5. The van der Waals surface area contributed by atoms with E-state index in [0.717, 1.165) is 11.5 Å². The van der Waals surface area contributed by atoms with Crippen LogP contribution in [0.4, 0.5) is 0 Å². The average Bonchev–Trinajstić information content (AvgIpc) is 3.04. The van der Waals surface area contributed by atoms with Crippen LogP contribution < -0.4 is 0 Å². The lowest BCUT2D eigenvalue weighted by Crippen LogP contribution is -2.02. The zero-order valence-electron chi connectivity index (χ0n) is 13.1. The smallest absolute Gasteiger partial charge is 0.360 e. The molecule has 0 aliphatic heterocycles. The Bertz CT molecular complexity index is 530. The Morgan fingerprint density at radius 2 is 1.86 bits per heavy atom. The SMILES string of the molecule is CCC(C)CC.COC(=O)c1ncoc1-c1ccccc1. The van der Waals surface area contributed by atoms with E-state index >= 15 is 0 Å². The first-order chi connectivity index (χ1) is 10.1. The van der Waals surface area contributed by atoms with E-state index in [1.165, 1.54) is 26.3 Å². The number of esters is 1. The molecule has 0 bridgehead atoms. The van der Waals surface area contributed by atoms with Crippen molar-refractivity contribution in [3.8, 4) is 11.3 Å². The normalized spacial score (nSPS) is 9.95. The lowest BCUT2D eigenvalue weighted by Gasteiger charge is -1.98. The maximum Gasteiger partial charge on any atom is 0.360 e. The zero-order valence-corrected chi connectivity index (χ0v) is 13.1. The molecule has 0 saturated heterocycles. The van der Waals surface area contributed by atoms with Crippen LogP contribution in [0, 0.1) is 5.92 Å². The number of benzene rings is 1. The third-order valence-corrected chi connectivity index (χ3v) is 3.38. The molecule has 0 aliphatic rings. The second-order valence-corrected chi connectivity index (χ2v) is 4.81. The van der Waals surface area contributed by atoms with Crippen molar-refractivity contribution in [1.29, 1.82) is 0 Å². The topological polar surface area (TPSA) is 52.3 Å². The summed E-state index contributed by atoms with van der Waals surface area (Å²) in [7, 11) is 1.31. The third kappa shape index (κ3) is 5.06. The number of oxazole rings is 1. The molecule has 2 rings (SSSR count). The molecular formula is C17H23NO3. The molecule has 0 fully saturated rings. The second-order valence-electron chi connectivity index (χ2n) is 4.81. The number of methoxy groups -OCH3 is 1. The third-order valence-electron chi connectivity index (χ3n) is 3.38. The number of nitrogens with zero attached hydrogens (tertiary/aromatic N) is 1. The second kappa shape index (κ2) is 8.95. The summed E-state index contributed by atoms with van der Waals surface area (Å²) in [4.78, 5) is 15.1. The van der Waals surface area contributed by atoms with E-state index in [-0.39, 0.29) is 5.69 Å². The van der Waals surface area contributed by atoms with Gasteiger partial charge in [0.05, 0.1) is 7.11 Å². The van der Waals surface area contributed by atoms with Crippen molar-refractivity contribution >= 4 is 5.97 Å². The molecule has 0 amide bonds. The molecule has 21 heavy (non-hydrogen) atoms. The first kappa shape index (κ1) is 17.0. The summed E-state index contributed by atoms with van der Waals surface area (Å²) in [5.41, 5.74) is 0.999. The standard InChI is InChI=1S/C11H9NO3.C6H14/c1-14-11(13)9-10(15-7-12-9)8-5-3-2-4-6-8;1-4-6(3)5-2/h2-7H,1H3;6H,4-5H2,1-3H3. The number of rotatable bonds is 4. The van der Waals surface area contributed by atoms with E-state index in [0.29, 0.717) is 5.76 Å². The van der Waals surface area contributed by atoms with Crippen LogP contribution in [0.25, 0.3) is 11.3 Å². The number of hydrogen-bond acceptors (Lipinski definition) is 4. The highest BCUT2D eigenvalue weighted by molar-refractivity contribution is 5.93. The van der Waals surface area contributed by atoms with Crippen molar-refractivity contribution in [2.75, 3.05) is 7.11 Å². The highest BCUT2D eigenvalue weighted by Crippen LogP contribution is 2.22. The summed E-state index contributed by atoms with van der Waals surface area (Å²) in [6.45, 7) is 6.74. The molecule has 0 unspecified atom stereocenters. The first-order valence-corrected chi connectivity index (χ1v) is 7.21. The van der Waals surface area contributed by atoms with Crippen molar-refractivity contribution < 1.29 is 13.9 Å². The lowest BCUT2D eigenvalue weighted by molar-refractivity contribution is 0.0595. The van der Waals surface area contributed by atoms with E-state index in [9.17, 15) is 4.79 Å². The molecule has 0 radical (unpaired) electrons. The zero-order chi connectivity index (χ0) is 15.7. The van der Waals surface area contributed by atoms with E-state index < -0.39 is 5.97 Å². The Morgan fingerprint density at radius 3 is 2.33 bits per heavy atom. The van der Waals surface area contributed by atoms with Crippen LogP contribution in [0.1, 0.15) is 44.1 Å². The van der Waals surface area contributed by atoms with Crippen LogP contribution in [0.5, 0.6) is 0 Å². The van der Waals surface area contributed by atoms with Gasteiger partial charge in [0.1, 0.15) is 0 Å². The Labute approximate surface area is 126 Å². The van der Waals surface area contributed by atoms with Gasteiger partial charge >= 0.3 is 5.97 Å². The van der Waals surface area contributed by atoms with Crippen molar-refractivity contribution in [1.82, 2.24) is 4.98 Å². The quantitative estimate of drug-likeness (QED) is 0.774. The largest absolute Gasteiger partial charge is 0.464 e.